The van der Waals surface area contributed by atoms with Crippen LogP contribution in [0.15, 0.2) is 28.8 Å². The van der Waals surface area contributed by atoms with Crippen molar-refractivity contribution in [3.63, 3.8) is 0 Å². The number of allylic oxidation sites excluding steroid dienone is 1. The summed E-state index contributed by atoms with van der Waals surface area (Å²) in [5, 5.41) is 0. The highest BCUT2D eigenvalue weighted by molar-refractivity contribution is 6.03. The third kappa shape index (κ3) is 2.83. The number of benzene rings is 1. The van der Waals surface area contributed by atoms with Gasteiger partial charge in [0.05, 0.1) is 31.0 Å². The Hall–Kier alpha value is -2.30. The highest BCUT2D eigenvalue weighted by atomic mass is 16.5. The molecule has 1 aromatic carbocycles. The number of methoxy groups -OCH3 is 1. The second-order valence-electron chi connectivity index (χ2n) is 5.80. The number of amides is 1. The van der Waals surface area contributed by atoms with E-state index < -0.39 is 0 Å². The molecule has 1 amide bonds. The topological polar surface area (TPSA) is 51.1 Å². The van der Waals surface area contributed by atoms with Crippen LogP contribution in [0.5, 0.6) is 11.5 Å². The van der Waals surface area contributed by atoms with Crippen molar-refractivity contribution in [1.82, 2.24) is 4.90 Å². The molecule has 0 radical (unpaired) electrons. The van der Waals surface area contributed by atoms with E-state index in [0.717, 1.165) is 12.8 Å². The van der Waals surface area contributed by atoms with E-state index >= 15 is 0 Å². The number of ether oxygens (including phenoxy) is 2. The third-order valence-corrected chi connectivity index (χ3v) is 4.27. The SMILES string of the molecule is CC=C1C[C@H]2C=Nc3cc(OCCC)c(OC)cc3C(=O)N2C1. The van der Waals surface area contributed by atoms with Crippen molar-refractivity contribution in [2.45, 2.75) is 32.7 Å². The van der Waals surface area contributed by atoms with Crippen LogP contribution in [-0.2, 0) is 0 Å². The molecule has 0 unspecified atom stereocenters. The van der Waals surface area contributed by atoms with Gasteiger partial charge in [-0.25, -0.2) is 0 Å². The molecule has 122 valence electrons. The Morgan fingerprint density at radius 3 is 2.91 bits per heavy atom. The van der Waals surface area contributed by atoms with E-state index in [0.29, 0.717) is 35.9 Å². The van der Waals surface area contributed by atoms with Gasteiger partial charge in [-0.3, -0.25) is 9.79 Å². The first-order valence-electron chi connectivity index (χ1n) is 8.02. The lowest BCUT2D eigenvalue weighted by Crippen LogP contribution is -2.35. The minimum Gasteiger partial charge on any atom is -0.493 e. The van der Waals surface area contributed by atoms with E-state index in [9.17, 15) is 4.79 Å². The quantitative estimate of drug-likeness (QED) is 0.801. The predicted molar refractivity (Wildman–Crippen MR) is 90.1 cm³/mol. The van der Waals surface area contributed by atoms with Crippen LogP contribution in [-0.4, -0.2) is 43.3 Å². The van der Waals surface area contributed by atoms with Gasteiger partial charge in [0.2, 0.25) is 0 Å². The van der Waals surface area contributed by atoms with Crippen molar-refractivity contribution < 1.29 is 14.3 Å². The molecule has 3 rings (SSSR count). The van der Waals surface area contributed by atoms with Crippen LogP contribution in [0.1, 0.15) is 37.0 Å². The zero-order valence-corrected chi connectivity index (χ0v) is 13.8. The number of nitrogens with zero attached hydrogens (tertiary/aromatic N) is 2. The molecule has 1 atom stereocenters. The maximum Gasteiger partial charge on any atom is 0.257 e. The molecular formula is C18H22N2O3. The summed E-state index contributed by atoms with van der Waals surface area (Å²) in [6.45, 7) is 5.33. The molecule has 0 N–H and O–H groups in total. The van der Waals surface area contributed by atoms with Crippen molar-refractivity contribution in [2.75, 3.05) is 20.3 Å². The molecule has 2 heterocycles. The maximum atomic E-state index is 12.9. The number of carbonyl (C=O) groups excluding carboxylic acids is 1. The molecule has 5 nitrogen and oxygen atoms in total. The van der Waals surface area contributed by atoms with Crippen LogP contribution in [0.2, 0.25) is 0 Å². The molecule has 2 aliphatic rings. The van der Waals surface area contributed by atoms with E-state index in [4.69, 9.17) is 9.47 Å². The standard InChI is InChI=1S/C18H22N2O3/c1-4-6-23-17-9-15-14(8-16(17)22-3)18(21)20-11-12(5-2)7-13(20)10-19-15/h5,8-10,13H,4,6-7,11H2,1-3H3/t13-/m0/s1. The van der Waals surface area contributed by atoms with Gasteiger partial charge < -0.3 is 14.4 Å². The monoisotopic (exact) mass is 314 g/mol. The average Bonchev–Trinajstić information content (AvgIpc) is 2.95. The predicted octanol–water partition coefficient (Wildman–Crippen LogP) is 3.36. The fourth-order valence-electron chi connectivity index (χ4n) is 2.98. The first-order valence-corrected chi connectivity index (χ1v) is 8.02. The van der Waals surface area contributed by atoms with Gasteiger partial charge >= 0.3 is 0 Å². The Kier molecular flexibility index (Phi) is 4.37. The summed E-state index contributed by atoms with van der Waals surface area (Å²) in [4.78, 5) is 19.3. The minimum absolute atomic E-state index is 0.000286. The van der Waals surface area contributed by atoms with Crippen molar-refractivity contribution in [3.05, 3.63) is 29.3 Å². The summed E-state index contributed by atoms with van der Waals surface area (Å²) in [5.41, 5.74) is 2.49. The number of rotatable bonds is 4. The molecule has 0 aliphatic carbocycles. The number of carbonyl (C=O) groups is 1. The molecule has 1 saturated heterocycles. The normalized spacial score (nSPS) is 21.2. The molecule has 0 saturated carbocycles. The van der Waals surface area contributed by atoms with E-state index in [-0.39, 0.29) is 11.9 Å². The smallest absolute Gasteiger partial charge is 0.257 e. The molecule has 23 heavy (non-hydrogen) atoms. The Morgan fingerprint density at radius 2 is 2.22 bits per heavy atom. The van der Waals surface area contributed by atoms with Crippen LogP contribution in [0.25, 0.3) is 0 Å². The molecule has 0 spiro atoms. The minimum atomic E-state index is -0.000286. The summed E-state index contributed by atoms with van der Waals surface area (Å²) in [6.07, 6.45) is 5.72. The summed E-state index contributed by atoms with van der Waals surface area (Å²) >= 11 is 0. The third-order valence-electron chi connectivity index (χ3n) is 4.27. The Balaban J connectivity index is 2.00. The summed E-state index contributed by atoms with van der Waals surface area (Å²) in [6, 6.07) is 3.58. The van der Waals surface area contributed by atoms with Gasteiger partial charge in [0, 0.05) is 18.8 Å². The Morgan fingerprint density at radius 1 is 1.39 bits per heavy atom. The van der Waals surface area contributed by atoms with Gasteiger partial charge in [0.1, 0.15) is 0 Å². The second-order valence-corrected chi connectivity index (χ2v) is 5.80. The Bertz CT molecular complexity index is 679. The van der Waals surface area contributed by atoms with Gasteiger partial charge in [0.25, 0.3) is 5.91 Å². The first-order chi connectivity index (χ1) is 11.2. The van der Waals surface area contributed by atoms with E-state index in [1.54, 1.807) is 19.2 Å². The number of hydrogen-bond donors (Lipinski definition) is 0. The van der Waals surface area contributed by atoms with Crippen LogP contribution >= 0.6 is 0 Å². The zero-order chi connectivity index (χ0) is 16.4. The average molecular weight is 314 g/mol. The lowest BCUT2D eigenvalue weighted by atomic mass is 10.1. The van der Waals surface area contributed by atoms with Crippen LogP contribution in [0.4, 0.5) is 5.69 Å². The lowest BCUT2D eigenvalue weighted by molar-refractivity contribution is 0.0777. The van der Waals surface area contributed by atoms with Gasteiger partial charge in [-0.1, -0.05) is 18.6 Å². The second kappa shape index (κ2) is 6.44. The molecule has 0 aromatic heterocycles. The molecule has 2 aliphatic heterocycles. The molecular weight excluding hydrogens is 292 g/mol. The fourth-order valence-corrected chi connectivity index (χ4v) is 2.98. The highest BCUT2D eigenvalue weighted by Gasteiger charge is 2.34. The van der Waals surface area contributed by atoms with Crippen LogP contribution in [0.3, 0.4) is 0 Å². The van der Waals surface area contributed by atoms with E-state index in [1.165, 1.54) is 5.57 Å². The maximum absolute atomic E-state index is 12.9. The van der Waals surface area contributed by atoms with Gasteiger partial charge in [-0.2, -0.15) is 0 Å². The van der Waals surface area contributed by atoms with Crippen molar-refractivity contribution in [3.8, 4) is 11.5 Å². The Labute approximate surface area is 136 Å². The lowest BCUT2D eigenvalue weighted by Gasteiger charge is -2.20. The summed E-state index contributed by atoms with van der Waals surface area (Å²) in [5.74, 6) is 1.21. The summed E-state index contributed by atoms with van der Waals surface area (Å²) < 4.78 is 11.1. The molecule has 1 aromatic rings. The van der Waals surface area contributed by atoms with Gasteiger partial charge in [0.15, 0.2) is 11.5 Å². The molecule has 1 fully saturated rings. The molecule has 5 heteroatoms. The van der Waals surface area contributed by atoms with Crippen molar-refractivity contribution in [1.29, 1.82) is 0 Å². The van der Waals surface area contributed by atoms with Crippen LogP contribution < -0.4 is 9.47 Å². The van der Waals surface area contributed by atoms with Crippen molar-refractivity contribution >= 4 is 17.8 Å². The van der Waals surface area contributed by atoms with Crippen LogP contribution in [0, 0.1) is 0 Å². The molecule has 0 bridgehead atoms. The van der Waals surface area contributed by atoms with Gasteiger partial charge in [-0.05, 0) is 25.8 Å². The zero-order valence-electron chi connectivity index (χ0n) is 13.8. The fraction of sp³-hybridized carbons (Fsp3) is 0.444. The largest absolute Gasteiger partial charge is 0.493 e. The number of aliphatic imine (C=N–C) groups is 1. The number of hydrogen-bond acceptors (Lipinski definition) is 4. The van der Waals surface area contributed by atoms with Crippen molar-refractivity contribution in [2.24, 2.45) is 4.99 Å². The highest BCUT2D eigenvalue weighted by Crippen LogP contribution is 2.38. The number of fused-ring (bicyclic) bond motifs is 2. The van der Waals surface area contributed by atoms with E-state index in [1.807, 2.05) is 25.0 Å². The van der Waals surface area contributed by atoms with Gasteiger partial charge in [-0.15, -0.1) is 0 Å². The van der Waals surface area contributed by atoms with E-state index in [2.05, 4.69) is 11.1 Å². The summed E-state index contributed by atoms with van der Waals surface area (Å²) in [7, 11) is 1.58. The first kappa shape index (κ1) is 15.6.